The van der Waals surface area contributed by atoms with Crippen LogP contribution in [0.5, 0.6) is 0 Å². The molecule has 0 amide bonds. The summed E-state index contributed by atoms with van der Waals surface area (Å²) >= 11 is 0. The van der Waals surface area contributed by atoms with E-state index in [4.69, 9.17) is 5.11 Å². The van der Waals surface area contributed by atoms with Gasteiger partial charge in [0.15, 0.2) is 0 Å². The van der Waals surface area contributed by atoms with Gasteiger partial charge in [-0.15, -0.1) is 0 Å². The highest BCUT2D eigenvalue weighted by molar-refractivity contribution is 5.69. The molecule has 0 spiro atoms. The van der Waals surface area contributed by atoms with Crippen molar-refractivity contribution in [2.24, 2.45) is 0 Å². The quantitative estimate of drug-likeness (QED) is 0.726. The maximum absolute atomic E-state index is 12.7. The number of hydrogen-bond acceptors (Lipinski definition) is 1. The Labute approximate surface area is 81.4 Å². The number of carboxylic acids is 1. The third-order valence-electron chi connectivity index (χ3n) is 1.55. The van der Waals surface area contributed by atoms with Crippen molar-refractivity contribution in [2.45, 2.75) is 12.8 Å². The molecule has 0 aliphatic rings. The van der Waals surface area contributed by atoms with Crippen LogP contribution in [0, 0.1) is 17.7 Å². The summed E-state index contributed by atoms with van der Waals surface area (Å²) in [5.74, 6) is 3.89. The van der Waals surface area contributed by atoms with Crippen molar-refractivity contribution in [1.29, 1.82) is 0 Å². The molecule has 0 saturated heterocycles. The van der Waals surface area contributed by atoms with E-state index >= 15 is 0 Å². The van der Waals surface area contributed by atoms with E-state index in [0.717, 1.165) is 5.56 Å². The Hall–Kier alpha value is -1.82. The molecule has 0 fully saturated rings. The molecule has 1 N–H and O–H groups in total. The van der Waals surface area contributed by atoms with Crippen molar-refractivity contribution in [3.8, 4) is 11.8 Å². The number of carbonyl (C=O) groups is 1. The Balaban J connectivity index is 2.52. The zero-order valence-electron chi connectivity index (χ0n) is 7.46. The van der Waals surface area contributed by atoms with Gasteiger partial charge in [-0.3, -0.25) is 4.79 Å². The lowest BCUT2D eigenvalue weighted by molar-refractivity contribution is -0.135. The molecule has 1 aromatic rings. The molecule has 0 heterocycles. The molecule has 3 heteroatoms. The Bertz CT molecular complexity index is 388. The first-order valence-corrected chi connectivity index (χ1v) is 4.10. The first kappa shape index (κ1) is 10.3. The van der Waals surface area contributed by atoms with E-state index in [1.165, 1.54) is 12.1 Å². The number of aliphatic carboxylic acids is 1. The monoisotopic (exact) mass is 192 g/mol. The van der Waals surface area contributed by atoms with Gasteiger partial charge in [-0.25, -0.2) is 4.39 Å². The van der Waals surface area contributed by atoms with Crippen molar-refractivity contribution in [3.05, 3.63) is 35.6 Å². The molecule has 1 rings (SSSR count). The van der Waals surface area contributed by atoms with E-state index in [2.05, 4.69) is 11.8 Å². The lowest BCUT2D eigenvalue weighted by Crippen LogP contribution is -1.90. The van der Waals surface area contributed by atoms with Gasteiger partial charge in [0.1, 0.15) is 12.2 Å². The largest absolute Gasteiger partial charge is 0.481 e. The second-order valence-electron chi connectivity index (χ2n) is 2.73. The second kappa shape index (κ2) is 5.03. The molecule has 2 nitrogen and oxygen atoms in total. The molecule has 0 unspecified atom stereocenters. The third-order valence-corrected chi connectivity index (χ3v) is 1.55. The molecule has 0 radical (unpaired) electrons. The first-order chi connectivity index (χ1) is 6.68. The van der Waals surface area contributed by atoms with E-state index in [1.54, 1.807) is 12.1 Å². The van der Waals surface area contributed by atoms with Crippen molar-refractivity contribution in [3.63, 3.8) is 0 Å². The number of hydrogen-bond donors (Lipinski definition) is 1. The molecule has 0 atom stereocenters. The summed E-state index contributed by atoms with van der Waals surface area (Å²) < 4.78 is 12.7. The molecule has 0 saturated carbocycles. The Morgan fingerprint density at radius 3 is 2.86 bits per heavy atom. The van der Waals surface area contributed by atoms with E-state index < -0.39 is 5.97 Å². The van der Waals surface area contributed by atoms with Crippen LogP contribution in [0.15, 0.2) is 24.3 Å². The zero-order chi connectivity index (χ0) is 10.4. The minimum absolute atomic E-state index is 0.171. The smallest absolute Gasteiger partial charge is 0.315 e. The standard InChI is InChI=1S/C11H9FO2/c12-10-6-3-5-9(8-10)4-1-2-7-11(13)14/h3,5-6,8H,4,7H2,(H,13,14). The fraction of sp³-hybridized carbons (Fsp3) is 0.182. The molecule has 0 bridgehead atoms. The fourth-order valence-electron chi connectivity index (χ4n) is 0.950. The van der Waals surface area contributed by atoms with Gasteiger partial charge in [-0.1, -0.05) is 24.0 Å². The summed E-state index contributed by atoms with van der Waals surface area (Å²) in [4.78, 5) is 10.1. The predicted molar refractivity (Wildman–Crippen MR) is 50.1 cm³/mol. The lowest BCUT2D eigenvalue weighted by Gasteiger charge is -1.93. The number of benzene rings is 1. The molecular formula is C11H9FO2. The van der Waals surface area contributed by atoms with Crippen LogP contribution < -0.4 is 0 Å². The summed E-state index contributed by atoms with van der Waals surface area (Å²) in [6.07, 6.45) is 0.209. The van der Waals surface area contributed by atoms with E-state index in [1.807, 2.05) is 0 Å². The average Bonchev–Trinajstić information content (AvgIpc) is 2.12. The normalized spacial score (nSPS) is 8.93. The van der Waals surface area contributed by atoms with Crippen LogP contribution in [0.1, 0.15) is 12.0 Å². The topological polar surface area (TPSA) is 37.3 Å². The van der Waals surface area contributed by atoms with Gasteiger partial charge in [0.05, 0.1) is 0 Å². The number of carboxylic acid groups (broad SMARTS) is 1. The van der Waals surface area contributed by atoms with Crippen LogP contribution in [0.25, 0.3) is 0 Å². The predicted octanol–water partition coefficient (Wildman–Crippen LogP) is 1.85. The van der Waals surface area contributed by atoms with Gasteiger partial charge in [0.2, 0.25) is 0 Å². The van der Waals surface area contributed by atoms with Crippen LogP contribution >= 0.6 is 0 Å². The van der Waals surface area contributed by atoms with Crippen LogP contribution in [0.2, 0.25) is 0 Å². The molecular weight excluding hydrogens is 183 g/mol. The molecule has 0 aliphatic carbocycles. The number of rotatable bonds is 2. The van der Waals surface area contributed by atoms with Crippen LogP contribution in [0.3, 0.4) is 0 Å². The van der Waals surface area contributed by atoms with Crippen molar-refractivity contribution in [2.75, 3.05) is 0 Å². The second-order valence-corrected chi connectivity index (χ2v) is 2.73. The summed E-state index contributed by atoms with van der Waals surface area (Å²) in [6.45, 7) is 0. The molecule has 0 aromatic heterocycles. The van der Waals surface area contributed by atoms with Gasteiger partial charge in [-0.05, 0) is 17.7 Å². The third kappa shape index (κ3) is 3.72. The summed E-state index contributed by atoms with van der Waals surface area (Å²) in [7, 11) is 0. The van der Waals surface area contributed by atoms with Crippen molar-refractivity contribution in [1.82, 2.24) is 0 Å². The molecule has 1 aromatic carbocycles. The fourth-order valence-corrected chi connectivity index (χ4v) is 0.950. The Morgan fingerprint density at radius 1 is 1.43 bits per heavy atom. The van der Waals surface area contributed by atoms with Crippen LogP contribution in [-0.4, -0.2) is 11.1 Å². The SMILES string of the molecule is O=C(O)CC#CCc1cccc(F)c1. The highest BCUT2D eigenvalue weighted by Crippen LogP contribution is 2.03. The van der Waals surface area contributed by atoms with Crippen molar-refractivity contribution < 1.29 is 14.3 Å². The summed E-state index contributed by atoms with van der Waals surface area (Å²) in [5.41, 5.74) is 0.753. The van der Waals surface area contributed by atoms with E-state index in [-0.39, 0.29) is 12.2 Å². The van der Waals surface area contributed by atoms with E-state index in [9.17, 15) is 9.18 Å². The summed E-state index contributed by atoms with van der Waals surface area (Å²) in [6, 6.07) is 6.09. The van der Waals surface area contributed by atoms with Gasteiger partial charge >= 0.3 is 5.97 Å². The Kier molecular flexibility index (Phi) is 3.69. The van der Waals surface area contributed by atoms with Gasteiger partial charge < -0.3 is 5.11 Å². The first-order valence-electron chi connectivity index (χ1n) is 4.10. The molecule has 14 heavy (non-hydrogen) atoms. The highest BCUT2D eigenvalue weighted by Gasteiger charge is 1.92. The number of halogens is 1. The van der Waals surface area contributed by atoms with Gasteiger partial charge in [0.25, 0.3) is 0 Å². The van der Waals surface area contributed by atoms with Crippen molar-refractivity contribution >= 4 is 5.97 Å². The van der Waals surface area contributed by atoms with E-state index in [0.29, 0.717) is 6.42 Å². The van der Waals surface area contributed by atoms with Gasteiger partial charge in [-0.2, -0.15) is 0 Å². The lowest BCUT2D eigenvalue weighted by atomic mass is 10.1. The van der Waals surface area contributed by atoms with Crippen LogP contribution in [-0.2, 0) is 11.2 Å². The maximum atomic E-state index is 12.7. The highest BCUT2D eigenvalue weighted by atomic mass is 19.1. The zero-order valence-corrected chi connectivity index (χ0v) is 7.46. The Morgan fingerprint density at radius 2 is 2.21 bits per heavy atom. The maximum Gasteiger partial charge on any atom is 0.315 e. The summed E-state index contributed by atoms with van der Waals surface area (Å²) in [5, 5.41) is 8.29. The van der Waals surface area contributed by atoms with Crippen LogP contribution in [0.4, 0.5) is 4.39 Å². The van der Waals surface area contributed by atoms with Gasteiger partial charge in [0, 0.05) is 6.42 Å². The molecule has 0 aliphatic heterocycles. The molecule has 72 valence electrons. The average molecular weight is 192 g/mol. The minimum Gasteiger partial charge on any atom is -0.481 e. The minimum atomic E-state index is -0.947.